The standard InChI is InChI=1S/C12H18N4O/c13-5-8-1-2-11-9(3-8)4-12(17)16(11)7-10(15)6-14/h1-3,10H,4-7,13-15H2. The zero-order chi connectivity index (χ0) is 12.4. The lowest BCUT2D eigenvalue weighted by Crippen LogP contribution is -2.43. The van der Waals surface area contributed by atoms with Crippen LogP contribution < -0.4 is 22.1 Å². The van der Waals surface area contributed by atoms with Crippen molar-refractivity contribution in [1.82, 2.24) is 0 Å². The Morgan fingerprint density at radius 1 is 1.35 bits per heavy atom. The molecule has 1 aromatic rings. The molecular weight excluding hydrogens is 216 g/mol. The zero-order valence-electron chi connectivity index (χ0n) is 9.73. The molecule has 1 unspecified atom stereocenters. The number of rotatable bonds is 4. The van der Waals surface area contributed by atoms with Crippen LogP contribution >= 0.6 is 0 Å². The number of anilines is 1. The first kappa shape index (κ1) is 12.0. The van der Waals surface area contributed by atoms with Crippen molar-refractivity contribution in [1.29, 1.82) is 0 Å². The third-order valence-electron chi connectivity index (χ3n) is 3.03. The van der Waals surface area contributed by atoms with Crippen molar-refractivity contribution >= 4 is 11.6 Å². The third-order valence-corrected chi connectivity index (χ3v) is 3.03. The number of carbonyl (C=O) groups is 1. The molecule has 92 valence electrons. The number of amides is 1. The van der Waals surface area contributed by atoms with E-state index in [2.05, 4.69) is 0 Å². The minimum absolute atomic E-state index is 0.0815. The van der Waals surface area contributed by atoms with Gasteiger partial charge in [-0.05, 0) is 17.2 Å². The summed E-state index contributed by atoms with van der Waals surface area (Å²) in [4.78, 5) is 13.6. The summed E-state index contributed by atoms with van der Waals surface area (Å²) >= 11 is 0. The number of fused-ring (bicyclic) bond motifs is 1. The summed E-state index contributed by atoms with van der Waals surface area (Å²) in [5, 5.41) is 0. The van der Waals surface area contributed by atoms with E-state index in [1.54, 1.807) is 4.90 Å². The fourth-order valence-electron chi connectivity index (χ4n) is 2.07. The molecule has 1 amide bonds. The topological polar surface area (TPSA) is 98.4 Å². The van der Waals surface area contributed by atoms with E-state index in [1.165, 1.54) is 0 Å². The summed E-state index contributed by atoms with van der Waals surface area (Å²) < 4.78 is 0. The predicted octanol–water partition coefficient (Wildman–Crippen LogP) is -0.680. The lowest BCUT2D eigenvalue weighted by Gasteiger charge is -2.21. The quantitative estimate of drug-likeness (QED) is 0.643. The highest BCUT2D eigenvalue weighted by molar-refractivity contribution is 6.01. The summed E-state index contributed by atoms with van der Waals surface area (Å²) in [6.45, 7) is 1.34. The SMILES string of the molecule is NCc1ccc2c(c1)CC(=O)N2CC(N)CN. The van der Waals surface area contributed by atoms with Crippen LogP contribution in [0.15, 0.2) is 18.2 Å². The van der Waals surface area contributed by atoms with Gasteiger partial charge in [0.2, 0.25) is 5.91 Å². The fourth-order valence-corrected chi connectivity index (χ4v) is 2.07. The van der Waals surface area contributed by atoms with Crippen molar-refractivity contribution in [2.75, 3.05) is 18.0 Å². The van der Waals surface area contributed by atoms with Crippen LogP contribution in [-0.2, 0) is 17.8 Å². The van der Waals surface area contributed by atoms with Gasteiger partial charge in [-0.15, -0.1) is 0 Å². The smallest absolute Gasteiger partial charge is 0.231 e. The maximum absolute atomic E-state index is 11.9. The number of hydrogen-bond donors (Lipinski definition) is 3. The van der Waals surface area contributed by atoms with E-state index in [9.17, 15) is 4.79 Å². The van der Waals surface area contributed by atoms with Crippen molar-refractivity contribution in [2.45, 2.75) is 19.0 Å². The van der Waals surface area contributed by atoms with E-state index in [4.69, 9.17) is 17.2 Å². The van der Waals surface area contributed by atoms with Gasteiger partial charge < -0.3 is 22.1 Å². The molecule has 1 aliphatic rings. The number of nitrogens with zero attached hydrogens (tertiary/aromatic N) is 1. The molecule has 0 spiro atoms. The van der Waals surface area contributed by atoms with Gasteiger partial charge in [0, 0.05) is 31.4 Å². The molecule has 1 aromatic carbocycles. The van der Waals surface area contributed by atoms with Crippen molar-refractivity contribution in [3.8, 4) is 0 Å². The van der Waals surface area contributed by atoms with E-state index >= 15 is 0 Å². The molecule has 0 saturated heterocycles. The Bertz CT molecular complexity index is 433. The normalized spacial score (nSPS) is 16.2. The van der Waals surface area contributed by atoms with Crippen molar-refractivity contribution in [3.63, 3.8) is 0 Å². The number of carbonyl (C=O) groups excluding carboxylic acids is 1. The van der Waals surface area contributed by atoms with Gasteiger partial charge in [-0.25, -0.2) is 0 Å². The average molecular weight is 234 g/mol. The largest absolute Gasteiger partial charge is 0.329 e. The van der Waals surface area contributed by atoms with E-state index < -0.39 is 0 Å². The second-order valence-electron chi connectivity index (χ2n) is 4.34. The molecular formula is C12H18N4O. The Kier molecular flexibility index (Phi) is 3.42. The lowest BCUT2D eigenvalue weighted by molar-refractivity contribution is -0.117. The fraction of sp³-hybridized carbons (Fsp3) is 0.417. The second kappa shape index (κ2) is 4.83. The molecule has 0 aliphatic carbocycles. The highest BCUT2D eigenvalue weighted by Crippen LogP contribution is 2.29. The van der Waals surface area contributed by atoms with Gasteiger partial charge in [-0.1, -0.05) is 12.1 Å². The van der Waals surface area contributed by atoms with Crippen LogP contribution in [0.2, 0.25) is 0 Å². The van der Waals surface area contributed by atoms with Crippen molar-refractivity contribution in [2.24, 2.45) is 17.2 Å². The van der Waals surface area contributed by atoms with E-state index in [0.717, 1.165) is 16.8 Å². The minimum Gasteiger partial charge on any atom is -0.329 e. The van der Waals surface area contributed by atoms with Crippen molar-refractivity contribution in [3.05, 3.63) is 29.3 Å². The predicted molar refractivity (Wildman–Crippen MR) is 67.4 cm³/mol. The Hall–Kier alpha value is -1.43. The van der Waals surface area contributed by atoms with Gasteiger partial charge in [0.15, 0.2) is 0 Å². The number of nitrogens with two attached hydrogens (primary N) is 3. The van der Waals surface area contributed by atoms with E-state index in [-0.39, 0.29) is 11.9 Å². The second-order valence-corrected chi connectivity index (χ2v) is 4.34. The molecule has 2 rings (SSSR count). The van der Waals surface area contributed by atoms with Crippen molar-refractivity contribution < 1.29 is 4.79 Å². The molecule has 0 saturated carbocycles. The van der Waals surface area contributed by atoms with Crippen LogP contribution in [0.1, 0.15) is 11.1 Å². The molecule has 5 nitrogen and oxygen atoms in total. The highest BCUT2D eigenvalue weighted by atomic mass is 16.2. The summed E-state index contributed by atoms with van der Waals surface area (Å²) in [6.07, 6.45) is 0.431. The summed E-state index contributed by atoms with van der Waals surface area (Å²) in [7, 11) is 0. The van der Waals surface area contributed by atoms with Gasteiger partial charge >= 0.3 is 0 Å². The summed E-state index contributed by atoms with van der Waals surface area (Å²) in [6, 6.07) is 5.68. The number of hydrogen-bond acceptors (Lipinski definition) is 4. The molecule has 0 radical (unpaired) electrons. The first-order valence-electron chi connectivity index (χ1n) is 5.73. The Labute approximate surface area is 101 Å². The van der Waals surface area contributed by atoms with Crippen LogP contribution in [-0.4, -0.2) is 25.0 Å². The van der Waals surface area contributed by atoms with Crippen LogP contribution in [0.4, 0.5) is 5.69 Å². The summed E-state index contributed by atoms with van der Waals surface area (Å²) in [5.74, 6) is 0.0815. The zero-order valence-corrected chi connectivity index (χ0v) is 9.73. The molecule has 5 heteroatoms. The van der Waals surface area contributed by atoms with Gasteiger partial charge in [-0.3, -0.25) is 4.79 Å². The van der Waals surface area contributed by atoms with Gasteiger partial charge in [0.05, 0.1) is 6.42 Å². The average Bonchev–Trinajstić information content (AvgIpc) is 2.64. The van der Waals surface area contributed by atoms with Gasteiger partial charge in [0.25, 0.3) is 0 Å². The van der Waals surface area contributed by atoms with Crippen LogP contribution in [0.3, 0.4) is 0 Å². The van der Waals surface area contributed by atoms with Crippen LogP contribution in [0, 0.1) is 0 Å². The summed E-state index contributed by atoms with van der Waals surface area (Å²) in [5.41, 5.74) is 19.9. The molecule has 0 aromatic heterocycles. The van der Waals surface area contributed by atoms with E-state index in [0.29, 0.717) is 26.1 Å². The Morgan fingerprint density at radius 2 is 2.12 bits per heavy atom. The van der Waals surface area contributed by atoms with Crippen LogP contribution in [0.25, 0.3) is 0 Å². The monoisotopic (exact) mass is 234 g/mol. The maximum Gasteiger partial charge on any atom is 0.231 e. The minimum atomic E-state index is -0.181. The first-order chi connectivity index (χ1) is 8.15. The van der Waals surface area contributed by atoms with Gasteiger partial charge in [-0.2, -0.15) is 0 Å². The molecule has 6 N–H and O–H groups in total. The Morgan fingerprint density at radius 3 is 2.76 bits per heavy atom. The molecule has 1 aliphatic heterocycles. The molecule has 0 fully saturated rings. The van der Waals surface area contributed by atoms with E-state index in [1.807, 2.05) is 18.2 Å². The first-order valence-corrected chi connectivity index (χ1v) is 5.73. The lowest BCUT2D eigenvalue weighted by atomic mass is 10.1. The molecule has 1 atom stereocenters. The van der Waals surface area contributed by atoms with Crippen LogP contribution in [0.5, 0.6) is 0 Å². The Balaban J connectivity index is 2.25. The molecule has 0 bridgehead atoms. The highest BCUT2D eigenvalue weighted by Gasteiger charge is 2.28. The third kappa shape index (κ3) is 2.31. The number of benzene rings is 1. The molecule has 1 heterocycles. The molecule has 17 heavy (non-hydrogen) atoms. The van der Waals surface area contributed by atoms with Gasteiger partial charge in [0.1, 0.15) is 0 Å². The maximum atomic E-state index is 11.9.